The van der Waals surface area contributed by atoms with E-state index >= 15 is 0 Å². The minimum Gasteiger partial charge on any atom is -0.459 e. The van der Waals surface area contributed by atoms with Gasteiger partial charge in [-0.05, 0) is 44.7 Å². The molecule has 0 aliphatic heterocycles. The van der Waals surface area contributed by atoms with Crippen LogP contribution >= 0.6 is 0 Å². The molecule has 0 amide bonds. The van der Waals surface area contributed by atoms with Gasteiger partial charge in [0, 0.05) is 18.6 Å². The summed E-state index contributed by atoms with van der Waals surface area (Å²) in [5, 5.41) is 4.04. The van der Waals surface area contributed by atoms with E-state index in [-0.39, 0.29) is 11.9 Å². The zero-order valence-electron chi connectivity index (χ0n) is 12.7. The van der Waals surface area contributed by atoms with Gasteiger partial charge in [0.2, 0.25) is 0 Å². The van der Waals surface area contributed by atoms with Crippen molar-refractivity contribution in [3.05, 3.63) is 35.8 Å². The molecule has 0 aliphatic rings. The van der Waals surface area contributed by atoms with Crippen molar-refractivity contribution in [2.24, 2.45) is 0 Å². The lowest BCUT2D eigenvalue weighted by Crippen LogP contribution is -2.35. The van der Waals surface area contributed by atoms with Gasteiger partial charge < -0.3 is 19.2 Å². The van der Waals surface area contributed by atoms with Crippen molar-refractivity contribution in [1.82, 2.24) is 5.32 Å². The van der Waals surface area contributed by atoms with Crippen LogP contribution in [0.3, 0.4) is 0 Å². The van der Waals surface area contributed by atoms with E-state index in [0.29, 0.717) is 24.6 Å². The van der Waals surface area contributed by atoms with Crippen LogP contribution in [-0.2, 0) is 9.47 Å². The molecule has 1 aromatic heterocycles. The van der Waals surface area contributed by atoms with Gasteiger partial charge in [0.1, 0.15) is 23.2 Å². The van der Waals surface area contributed by atoms with E-state index in [2.05, 4.69) is 5.32 Å². The second kappa shape index (κ2) is 7.54. The number of benzene rings is 1. The molecule has 1 aromatic carbocycles. The van der Waals surface area contributed by atoms with Crippen molar-refractivity contribution in [1.29, 1.82) is 0 Å². The summed E-state index contributed by atoms with van der Waals surface area (Å²) in [5.41, 5.74) is 0.654. The molecule has 0 aliphatic carbocycles. The smallest absolute Gasteiger partial charge is 0.179 e. The first kappa shape index (κ1) is 15.9. The van der Waals surface area contributed by atoms with Crippen LogP contribution in [0.2, 0.25) is 0 Å². The predicted octanol–water partition coefficient (Wildman–Crippen LogP) is 3.62. The summed E-state index contributed by atoms with van der Waals surface area (Å²) in [5.74, 6) is 0.408. The Labute approximate surface area is 124 Å². The van der Waals surface area contributed by atoms with Crippen LogP contribution in [0.15, 0.2) is 28.7 Å². The molecule has 1 N–H and O–H groups in total. The van der Waals surface area contributed by atoms with Crippen molar-refractivity contribution < 1.29 is 18.3 Å². The average Bonchev–Trinajstić information content (AvgIpc) is 2.87. The Hall–Kier alpha value is -1.43. The van der Waals surface area contributed by atoms with Gasteiger partial charge >= 0.3 is 0 Å². The Morgan fingerprint density at radius 3 is 2.48 bits per heavy atom. The predicted molar refractivity (Wildman–Crippen MR) is 79.6 cm³/mol. The van der Waals surface area contributed by atoms with Gasteiger partial charge in [0.05, 0.1) is 0 Å². The third-order valence-electron chi connectivity index (χ3n) is 3.16. The van der Waals surface area contributed by atoms with Gasteiger partial charge in [-0.15, -0.1) is 0 Å². The summed E-state index contributed by atoms with van der Waals surface area (Å²) in [6, 6.07) is 6.08. The highest BCUT2D eigenvalue weighted by atomic mass is 19.1. The number of furan rings is 1. The molecule has 0 spiro atoms. The Kier molecular flexibility index (Phi) is 5.73. The molecule has 0 radical (unpaired) electrons. The van der Waals surface area contributed by atoms with Crippen molar-refractivity contribution in [3.63, 3.8) is 0 Å². The van der Waals surface area contributed by atoms with Crippen LogP contribution in [0.25, 0.3) is 11.0 Å². The third-order valence-corrected chi connectivity index (χ3v) is 3.16. The molecule has 1 unspecified atom stereocenters. The molecule has 0 bridgehead atoms. The fourth-order valence-corrected chi connectivity index (χ4v) is 2.31. The van der Waals surface area contributed by atoms with Crippen LogP contribution in [0.1, 0.15) is 32.6 Å². The summed E-state index contributed by atoms with van der Waals surface area (Å²) in [4.78, 5) is 0. The number of nitrogens with one attached hydrogen (secondary N) is 1. The Morgan fingerprint density at radius 1 is 1.14 bits per heavy atom. The van der Waals surface area contributed by atoms with Crippen LogP contribution in [0, 0.1) is 5.82 Å². The van der Waals surface area contributed by atoms with Crippen LogP contribution in [0.5, 0.6) is 0 Å². The molecule has 2 rings (SSSR count). The van der Waals surface area contributed by atoms with Gasteiger partial charge in [-0.2, -0.15) is 0 Å². The highest BCUT2D eigenvalue weighted by Gasteiger charge is 2.26. The number of hydrogen-bond donors (Lipinski definition) is 1. The molecule has 1 atom stereocenters. The zero-order valence-corrected chi connectivity index (χ0v) is 12.7. The monoisotopic (exact) mass is 295 g/mol. The number of rotatable bonds is 8. The molecule has 2 aromatic rings. The quantitative estimate of drug-likeness (QED) is 0.755. The number of halogens is 1. The van der Waals surface area contributed by atoms with Crippen LogP contribution < -0.4 is 5.32 Å². The zero-order chi connectivity index (χ0) is 15.2. The maximum absolute atomic E-state index is 13.3. The first-order chi connectivity index (χ1) is 10.2. The molecular formula is C16H22FNO3. The first-order valence-corrected chi connectivity index (χ1v) is 7.35. The topological polar surface area (TPSA) is 43.6 Å². The van der Waals surface area contributed by atoms with Crippen molar-refractivity contribution in [2.75, 3.05) is 19.8 Å². The fraction of sp³-hybridized carbons (Fsp3) is 0.500. The second-order valence-electron chi connectivity index (χ2n) is 4.65. The second-order valence-corrected chi connectivity index (χ2v) is 4.65. The number of ether oxygens (including phenoxy) is 2. The lowest BCUT2D eigenvalue weighted by molar-refractivity contribution is -0.157. The minimum atomic E-state index is -0.439. The van der Waals surface area contributed by atoms with Gasteiger partial charge in [0.15, 0.2) is 6.29 Å². The van der Waals surface area contributed by atoms with Gasteiger partial charge in [0.25, 0.3) is 0 Å². The third kappa shape index (κ3) is 3.81. The lowest BCUT2D eigenvalue weighted by Gasteiger charge is -2.25. The van der Waals surface area contributed by atoms with E-state index in [1.807, 2.05) is 26.8 Å². The van der Waals surface area contributed by atoms with E-state index in [0.717, 1.165) is 11.9 Å². The van der Waals surface area contributed by atoms with E-state index in [9.17, 15) is 4.39 Å². The fourth-order valence-electron chi connectivity index (χ4n) is 2.31. The van der Waals surface area contributed by atoms with Gasteiger partial charge in [-0.3, -0.25) is 0 Å². The summed E-state index contributed by atoms with van der Waals surface area (Å²) < 4.78 is 30.4. The summed E-state index contributed by atoms with van der Waals surface area (Å²) >= 11 is 0. The molecule has 21 heavy (non-hydrogen) atoms. The van der Waals surface area contributed by atoms with Crippen molar-refractivity contribution in [2.45, 2.75) is 33.1 Å². The molecule has 4 nitrogen and oxygen atoms in total. The molecule has 0 saturated carbocycles. The standard InChI is InChI=1S/C16H22FNO3/c1-4-18-15(16(19-5-2)20-6-3)14-10-11-9-12(17)7-8-13(11)21-14/h7-10,15-16,18H,4-6H2,1-3H3. The van der Waals surface area contributed by atoms with E-state index in [4.69, 9.17) is 13.9 Å². The van der Waals surface area contributed by atoms with E-state index in [1.165, 1.54) is 12.1 Å². The molecule has 5 heteroatoms. The molecule has 0 fully saturated rings. The normalized spacial score (nSPS) is 13.2. The van der Waals surface area contributed by atoms with Crippen LogP contribution in [-0.4, -0.2) is 26.0 Å². The Morgan fingerprint density at radius 2 is 1.86 bits per heavy atom. The van der Waals surface area contributed by atoms with Crippen LogP contribution in [0.4, 0.5) is 4.39 Å². The van der Waals surface area contributed by atoms with Crippen molar-refractivity contribution >= 4 is 11.0 Å². The first-order valence-electron chi connectivity index (χ1n) is 7.35. The van der Waals surface area contributed by atoms with Crippen molar-refractivity contribution in [3.8, 4) is 0 Å². The minimum absolute atomic E-state index is 0.231. The maximum Gasteiger partial charge on any atom is 0.179 e. The SMILES string of the molecule is CCNC(c1cc2cc(F)ccc2o1)C(OCC)OCC. The summed E-state index contributed by atoms with van der Waals surface area (Å²) in [6.07, 6.45) is -0.439. The molecule has 116 valence electrons. The maximum atomic E-state index is 13.3. The average molecular weight is 295 g/mol. The molecule has 1 heterocycles. The number of fused-ring (bicyclic) bond motifs is 1. The van der Waals surface area contributed by atoms with E-state index < -0.39 is 6.29 Å². The molecule has 0 saturated heterocycles. The lowest BCUT2D eigenvalue weighted by atomic mass is 10.2. The number of hydrogen-bond acceptors (Lipinski definition) is 4. The summed E-state index contributed by atoms with van der Waals surface area (Å²) in [6.45, 7) is 7.67. The summed E-state index contributed by atoms with van der Waals surface area (Å²) in [7, 11) is 0. The largest absolute Gasteiger partial charge is 0.459 e. The van der Waals surface area contributed by atoms with Gasteiger partial charge in [-0.25, -0.2) is 4.39 Å². The Bertz CT molecular complexity index is 564. The highest BCUT2D eigenvalue weighted by Crippen LogP contribution is 2.28. The van der Waals surface area contributed by atoms with E-state index in [1.54, 1.807) is 6.07 Å². The van der Waals surface area contributed by atoms with Gasteiger partial charge in [-0.1, -0.05) is 6.92 Å². The molecular weight excluding hydrogens is 273 g/mol. The Balaban J connectivity index is 2.33. The number of likely N-dealkylation sites (N-methyl/N-ethyl adjacent to an activating group) is 1. The highest BCUT2D eigenvalue weighted by molar-refractivity contribution is 5.78.